The van der Waals surface area contributed by atoms with Crippen LogP contribution in [-0.2, 0) is 11.0 Å². The Morgan fingerprint density at radius 2 is 1.76 bits per heavy atom. The topological polar surface area (TPSA) is 68.5 Å². The van der Waals surface area contributed by atoms with Crippen LogP contribution in [-0.4, -0.2) is 20.5 Å². The van der Waals surface area contributed by atoms with Crippen LogP contribution in [0.3, 0.4) is 0 Å². The summed E-state index contributed by atoms with van der Waals surface area (Å²) in [6.45, 7) is 4.82. The summed E-state index contributed by atoms with van der Waals surface area (Å²) in [5.74, 6) is -1.00. The highest BCUT2D eigenvalue weighted by atomic mass is 19.4. The molecule has 4 rings (SSSR count). The first-order valence-corrected chi connectivity index (χ1v) is 10.2. The van der Waals surface area contributed by atoms with Gasteiger partial charge in [-0.2, -0.15) is 13.2 Å². The van der Waals surface area contributed by atoms with Crippen LogP contribution in [0, 0.1) is 11.2 Å². The maximum Gasteiger partial charge on any atom is 0.418 e. The number of amides is 1. The van der Waals surface area contributed by atoms with Crippen molar-refractivity contribution in [2.45, 2.75) is 26.9 Å². The molecule has 0 saturated heterocycles. The Hall–Kier alpha value is -3.95. The minimum absolute atomic E-state index is 0.00309. The molecule has 0 atom stereocenters. The van der Waals surface area contributed by atoms with Gasteiger partial charge in [-0.3, -0.25) is 4.79 Å². The number of alkyl halides is 3. The van der Waals surface area contributed by atoms with Gasteiger partial charge in [0, 0.05) is 17.0 Å². The highest BCUT2D eigenvalue weighted by Crippen LogP contribution is 2.38. The fourth-order valence-corrected chi connectivity index (χ4v) is 3.06. The maximum absolute atomic E-state index is 13.9. The number of nitrogens with one attached hydrogen (secondary N) is 1. The lowest BCUT2D eigenvalue weighted by atomic mass is 9.95. The standard InChI is InChI=1S/C24H20F4N4O2/c1-23(2,3)22(33)30-17-12-14(8-9-15(17)24(26,27)28)18-13-32-20(29-18)10-11-21(31-32)34-19-7-5-4-6-16(19)25/h4-13H,1-3H3,(H,30,33). The Labute approximate surface area is 192 Å². The number of anilines is 1. The molecule has 34 heavy (non-hydrogen) atoms. The second kappa shape index (κ2) is 8.44. The van der Waals surface area contributed by atoms with Crippen molar-refractivity contribution >= 4 is 17.2 Å². The number of fused-ring (bicyclic) bond motifs is 1. The highest BCUT2D eigenvalue weighted by Gasteiger charge is 2.35. The zero-order valence-corrected chi connectivity index (χ0v) is 18.4. The van der Waals surface area contributed by atoms with Gasteiger partial charge < -0.3 is 10.1 Å². The molecule has 0 fully saturated rings. The van der Waals surface area contributed by atoms with Crippen LogP contribution >= 0.6 is 0 Å². The number of hydrogen-bond acceptors (Lipinski definition) is 4. The Balaban J connectivity index is 1.70. The number of ether oxygens (including phenoxy) is 1. The van der Waals surface area contributed by atoms with E-state index in [2.05, 4.69) is 15.4 Å². The molecular weight excluding hydrogens is 452 g/mol. The lowest BCUT2D eigenvalue weighted by Gasteiger charge is -2.20. The fraction of sp³-hybridized carbons (Fsp3) is 0.208. The Morgan fingerprint density at radius 1 is 1.03 bits per heavy atom. The van der Waals surface area contributed by atoms with Crippen molar-refractivity contribution in [3.8, 4) is 22.9 Å². The van der Waals surface area contributed by atoms with Gasteiger partial charge in [-0.1, -0.05) is 39.0 Å². The normalized spacial score (nSPS) is 12.1. The van der Waals surface area contributed by atoms with Crippen LogP contribution in [0.2, 0.25) is 0 Å². The van der Waals surface area contributed by atoms with Crippen molar-refractivity contribution in [1.29, 1.82) is 0 Å². The van der Waals surface area contributed by atoms with Crippen LogP contribution in [0.5, 0.6) is 11.6 Å². The van der Waals surface area contributed by atoms with Crippen LogP contribution in [0.25, 0.3) is 16.9 Å². The fourth-order valence-electron chi connectivity index (χ4n) is 3.06. The molecule has 0 saturated carbocycles. The summed E-state index contributed by atoms with van der Waals surface area (Å²) in [6, 6.07) is 12.3. The summed E-state index contributed by atoms with van der Waals surface area (Å²) in [6.07, 6.45) is -3.15. The first kappa shape index (κ1) is 23.2. The molecule has 0 aliphatic heterocycles. The molecule has 1 amide bonds. The van der Waals surface area contributed by atoms with E-state index in [4.69, 9.17) is 4.74 Å². The molecule has 0 aliphatic rings. The minimum atomic E-state index is -4.65. The second-order valence-corrected chi connectivity index (χ2v) is 8.60. The Bertz CT molecular complexity index is 1370. The van der Waals surface area contributed by atoms with E-state index in [-0.39, 0.29) is 17.3 Å². The third kappa shape index (κ3) is 4.85. The van der Waals surface area contributed by atoms with E-state index < -0.39 is 28.9 Å². The average Bonchev–Trinajstić information content (AvgIpc) is 3.17. The minimum Gasteiger partial charge on any atom is -0.435 e. The summed E-state index contributed by atoms with van der Waals surface area (Å²) in [7, 11) is 0. The number of imidazole rings is 1. The molecule has 10 heteroatoms. The number of hydrogen-bond donors (Lipinski definition) is 1. The number of para-hydroxylation sites is 1. The number of benzene rings is 2. The smallest absolute Gasteiger partial charge is 0.418 e. The lowest BCUT2D eigenvalue weighted by molar-refractivity contribution is -0.137. The van der Waals surface area contributed by atoms with Gasteiger partial charge in [0.15, 0.2) is 17.2 Å². The molecule has 2 aromatic carbocycles. The van der Waals surface area contributed by atoms with E-state index in [0.717, 1.165) is 6.07 Å². The van der Waals surface area contributed by atoms with E-state index in [0.29, 0.717) is 16.9 Å². The number of aromatic nitrogens is 3. The van der Waals surface area contributed by atoms with Gasteiger partial charge in [-0.25, -0.2) is 13.9 Å². The van der Waals surface area contributed by atoms with Crippen molar-refractivity contribution in [3.63, 3.8) is 0 Å². The van der Waals surface area contributed by atoms with E-state index in [1.165, 1.54) is 47.1 Å². The predicted molar refractivity (Wildman–Crippen MR) is 118 cm³/mol. The number of carbonyl (C=O) groups is 1. The number of rotatable bonds is 4. The van der Waals surface area contributed by atoms with E-state index in [1.54, 1.807) is 32.9 Å². The number of carbonyl (C=O) groups excluding carboxylic acids is 1. The summed E-state index contributed by atoms with van der Waals surface area (Å²) < 4.78 is 61.3. The van der Waals surface area contributed by atoms with Crippen LogP contribution in [0.4, 0.5) is 23.2 Å². The van der Waals surface area contributed by atoms with Crippen LogP contribution in [0.15, 0.2) is 60.8 Å². The van der Waals surface area contributed by atoms with Gasteiger partial charge in [0.1, 0.15) is 0 Å². The zero-order valence-electron chi connectivity index (χ0n) is 18.4. The van der Waals surface area contributed by atoms with Gasteiger partial charge in [0.05, 0.1) is 23.1 Å². The average molecular weight is 472 g/mol. The molecule has 0 unspecified atom stereocenters. The summed E-state index contributed by atoms with van der Waals surface area (Å²) in [5, 5.41) is 6.61. The third-order valence-corrected chi connectivity index (χ3v) is 4.90. The molecule has 4 aromatic rings. The SMILES string of the molecule is CC(C)(C)C(=O)Nc1cc(-c2cn3nc(Oc4ccccc4F)ccc3n2)ccc1C(F)(F)F. The second-order valence-electron chi connectivity index (χ2n) is 8.60. The number of nitrogens with zero attached hydrogens (tertiary/aromatic N) is 3. The molecule has 6 nitrogen and oxygen atoms in total. The van der Waals surface area contributed by atoms with E-state index >= 15 is 0 Å². The van der Waals surface area contributed by atoms with Gasteiger partial charge in [0.2, 0.25) is 11.8 Å². The third-order valence-electron chi connectivity index (χ3n) is 4.90. The largest absolute Gasteiger partial charge is 0.435 e. The van der Waals surface area contributed by atoms with Crippen LogP contribution < -0.4 is 10.1 Å². The highest BCUT2D eigenvalue weighted by molar-refractivity contribution is 5.96. The Morgan fingerprint density at radius 3 is 2.44 bits per heavy atom. The van der Waals surface area contributed by atoms with Gasteiger partial charge in [0.25, 0.3) is 0 Å². The molecule has 0 bridgehead atoms. The van der Waals surface area contributed by atoms with Crippen molar-refractivity contribution in [2.75, 3.05) is 5.32 Å². The summed E-state index contributed by atoms with van der Waals surface area (Å²) in [4.78, 5) is 16.8. The van der Waals surface area contributed by atoms with E-state index in [1.807, 2.05) is 0 Å². The van der Waals surface area contributed by atoms with Crippen LogP contribution in [0.1, 0.15) is 26.3 Å². The molecular formula is C24H20F4N4O2. The lowest BCUT2D eigenvalue weighted by Crippen LogP contribution is -2.28. The van der Waals surface area contributed by atoms with Crippen molar-refractivity contribution in [3.05, 3.63) is 72.2 Å². The monoisotopic (exact) mass is 472 g/mol. The van der Waals surface area contributed by atoms with Gasteiger partial charge in [-0.05, 0) is 30.3 Å². The van der Waals surface area contributed by atoms with Crippen molar-refractivity contribution < 1.29 is 27.1 Å². The molecule has 0 radical (unpaired) electrons. The number of halogens is 4. The molecule has 0 aliphatic carbocycles. The first-order valence-electron chi connectivity index (χ1n) is 10.2. The van der Waals surface area contributed by atoms with E-state index in [9.17, 15) is 22.4 Å². The zero-order chi connectivity index (χ0) is 24.7. The quantitative estimate of drug-likeness (QED) is 0.353. The summed E-state index contributed by atoms with van der Waals surface area (Å²) >= 11 is 0. The first-order chi connectivity index (χ1) is 15.9. The summed E-state index contributed by atoms with van der Waals surface area (Å²) in [5.41, 5.74) is -1.14. The predicted octanol–water partition coefficient (Wildman–Crippen LogP) is 6.33. The van der Waals surface area contributed by atoms with Gasteiger partial charge >= 0.3 is 6.18 Å². The Kier molecular flexibility index (Phi) is 5.76. The van der Waals surface area contributed by atoms with Crippen molar-refractivity contribution in [2.24, 2.45) is 5.41 Å². The molecule has 1 N–H and O–H groups in total. The van der Waals surface area contributed by atoms with Gasteiger partial charge in [-0.15, -0.1) is 5.10 Å². The van der Waals surface area contributed by atoms with Crippen molar-refractivity contribution in [1.82, 2.24) is 14.6 Å². The molecule has 2 aromatic heterocycles. The molecule has 176 valence electrons. The maximum atomic E-state index is 13.9. The molecule has 2 heterocycles. The molecule has 0 spiro atoms.